The minimum absolute atomic E-state index is 0.0541. The summed E-state index contributed by atoms with van der Waals surface area (Å²) >= 11 is 0. The Labute approximate surface area is 247 Å². The molecule has 0 atom stereocenters. The summed E-state index contributed by atoms with van der Waals surface area (Å²) in [5.41, 5.74) is 4.96. The molecule has 2 heterocycles. The molecule has 0 bridgehead atoms. The zero-order chi connectivity index (χ0) is 29.8. The van der Waals surface area contributed by atoms with E-state index in [1.54, 1.807) is 10.9 Å². The number of carboxylic acids is 1. The van der Waals surface area contributed by atoms with Crippen LogP contribution in [0.25, 0.3) is 44.7 Å². The Morgan fingerprint density at radius 3 is 2.21 bits per heavy atom. The summed E-state index contributed by atoms with van der Waals surface area (Å²) in [5.74, 6) is -1.18. The molecule has 4 aromatic carbocycles. The number of carboxylic acid groups (broad SMARTS) is 1. The highest BCUT2D eigenvalue weighted by Gasteiger charge is 2.23. The number of rotatable bonds is 10. The zero-order valence-corrected chi connectivity index (χ0v) is 23.1. The van der Waals surface area contributed by atoms with Crippen LogP contribution in [0.2, 0.25) is 0 Å². The molecule has 1 amide bonds. The lowest BCUT2D eigenvalue weighted by Crippen LogP contribution is -2.11. The standard InChI is InChI=1S/C34H28N4O5/c39-29-20-30-27(19-26(29)34(41)42)32(33(43-30)24-11-5-2-6-12-24)28-21-38(37-36-28)18-8-7-13-31(40)35-25-16-14-23(15-17-25)22-9-3-1-4-10-22/h1-6,9-12,14-17,19-21,39H,7-8,13,18H2,(H,35,40)(H,41,42). The summed E-state index contributed by atoms with van der Waals surface area (Å²) in [5, 5.41) is 31.9. The topological polar surface area (TPSA) is 130 Å². The molecular formula is C34H28N4O5. The van der Waals surface area contributed by atoms with Gasteiger partial charge >= 0.3 is 5.97 Å². The Kier molecular flexibility index (Phi) is 7.69. The molecule has 214 valence electrons. The number of unbranched alkanes of at least 4 members (excludes halogenated alkanes) is 1. The number of nitrogens with zero attached hydrogens (tertiary/aromatic N) is 3. The fraction of sp³-hybridized carbons (Fsp3) is 0.118. The Balaban J connectivity index is 1.11. The molecule has 0 aliphatic heterocycles. The molecule has 0 spiro atoms. The van der Waals surface area contributed by atoms with E-state index in [4.69, 9.17) is 4.42 Å². The van der Waals surface area contributed by atoms with E-state index in [0.29, 0.717) is 53.8 Å². The van der Waals surface area contributed by atoms with E-state index in [2.05, 4.69) is 15.6 Å². The van der Waals surface area contributed by atoms with Crippen molar-refractivity contribution in [3.05, 3.63) is 109 Å². The van der Waals surface area contributed by atoms with E-state index in [1.165, 1.54) is 12.1 Å². The molecule has 2 aromatic heterocycles. The lowest BCUT2D eigenvalue weighted by Gasteiger charge is -2.07. The maximum absolute atomic E-state index is 12.5. The molecule has 0 saturated heterocycles. The Morgan fingerprint density at radius 1 is 0.837 bits per heavy atom. The number of benzene rings is 4. The third-order valence-corrected chi connectivity index (χ3v) is 7.18. The van der Waals surface area contributed by atoms with E-state index in [1.807, 2.05) is 84.9 Å². The van der Waals surface area contributed by atoms with Gasteiger partial charge in [-0.1, -0.05) is 78.0 Å². The molecule has 3 N–H and O–H groups in total. The van der Waals surface area contributed by atoms with Crippen molar-refractivity contribution in [1.82, 2.24) is 15.0 Å². The number of aromatic hydroxyl groups is 1. The van der Waals surface area contributed by atoms with Crippen molar-refractivity contribution in [2.24, 2.45) is 0 Å². The Hall–Kier alpha value is -5.70. The van der Waals surface area contributed by atoms with Crippen LogP contribution in [0.5, 0.6) is 5.75 Å². The van der Waals surface area contributed by atoms with E-state index in [9.17, 15) is 19.8 Å². The molecule has 0 saturated carbocycles. The summed E-state index contributed by atoms with van der Waals surface area (Å²) < 4.78 is 7.79. The number of furan rings is 1. The van der Waals surface area contributed by atoms with E-state index in [-0.39, 0.29) is 17.2 Å². The summed E-state index contributed by atoms with van der Waals surface area (Å²) in [4.78, 5) is 24.2. The highest BCUT2D eigenvalue weighted by atomic mass is 16.4. The van der Waals surface area contributed by atoms with E-state index < -0.39 is 5.97 Å². The van der Waals surface area contributed by atoms with Gasteiger partial charge in [0.1, 0.15) is 28.4 Å². The van der Waals surface area contributed by atoms with E-state index in [0.717, 1.165) is 22.4 Å². The molecule has 0 fully saturated rings. The van der Waals surface area contributed by atoms with Crippen LogP contribution in [0.4, 0.5) is 5.69 Å². The number of nitrogens with one attached hydrogen (secondary N) is 1. The molecular weight excluding hydrogens is 544 g/mol. The second-order valence-corrected chi connectivity index (χ2v) is 10.2. The van der Waals surface area contributed by atoms with Crippen molar-refractivity contribution in [1.29, 1.82) is 0 Å². The fourth-order valence-electron chi connectivity index (χ4n) is 5.03. The predicted molar refractivity (Wildman–Crippen MR) is 164 cm³/mol. The number of fused-ring (bicyclic) bond motifs is 1. The van der Waals surface area contributed by atoms with Crippen LogP contribution < -0.4 is 5.32 Å². The van der Waals surface area contributed by atoms with E-state index >= 15 is 0 Å². The monoisotopic (exact) mass is 572 g/mol. The van der Waals surface area contributed by atoms with Crippen molar-refractivity contribution in [3.8, 4) is 39.5 Å². The molecule has 9 heteroatoms. The van der Waals surface area contributed by atoms with Gasteiger partial charge in [0.15, 0.2) is 0 Å². The fourth-order valence-corrected chi connectivity index (χ4v) is 5.03. The minimum atomic E-state index is -1.25. The van der Waals surface area contributed by atoms with Gasteiger partial charge in [0.05, 0.1) is 11.8 Å². The molecule has 0 unspecified atom stereocenters. The summed E-state index contributed by atoms with van der Waals surface area (Å²) in [6, 6.07) is 30.0. The molecule has 6 aromatic rings. The van der Waals surface area contributed by atoms with Gasteiger partial charge in [0, 0.05) is 35.7 Å². The van der Waals surface area contributed by atoms with Crippen molar-refractivity contribution < 1.29 is 24.2 Å². The first kappa shape index (κ1) is 27.5. The number of carbonyl (C=O) groups excluding carboxylic acids is 1. The first-order valence-electron chi connectivity index (χ1n) is 13.9. The number of phenols is 1. The van der Waals surface area contributed by atoms with Crippen LogP contribution >= 0.6 is 0 Å². The smallest absolute Gasteiger partial charge is 0.339 e. The summed E-state index contributed by atoms with van der Waals surface area (Å²) in [7, 11) is 0. The number of amides is 1. The summed E-state index contributed by atoms with van der Waals surface area (Å²) in [6.07, 6.45) is 3.51. The summed E-state index contributed by atoms with van der Waals surface area (Å²) in [6.45, 7) is 0.545. The van der Waals surface area contributed by atoms with Gasteiger partial charge in [0.2, 0.25) is 5.91 Å². The average molecular weight is 573 g/mol. The predicted octanol–water partition coefficient (Wildman–Crippen LogP) is 7.24. The quantitative estimate of drug-likeness (QED) is 0.148. The third-order valence-electron chi connectivity index (χ3n) is 7.18. The van der Waals surface area contributed by atoms with Crippen LogP contribution in [0.15, 0.2) is 108 Å². The number of anilines is 1. The SMILES string of the molecule is O=C(CCCCn1cc(-c2c(-c3ccccc3)oc3cc(O)c(C(=O)O)cc23)nn1)Nc1ccc(-c2ccccc2)cc1. The highest BCUT2D eigenvalue weighted by Crippen LogP contribution is 2.42. The van der Waals surface area contributed by atoms with Crippen LogP contribution in [0.3, 0.4) is 0 Å². The Bertz CT molecular complexity index is 1890. The van der Waals surface area contributed by atoms with Crippen molar-refractivity contribution >= 4 is 28.5 Å². The van der Waals surface area contributed by atoms with Crippen LogP contribution in [-0.4, -0.2) is 37.1 Å². The van der Waals surface area contributed by atoms with Gasteiger partial charge in [-0.2, -0.15) is 0 Å². The molecule has 43 heavy (non-hydrogen) atoms. The molecule has 0 radical (unpaired) electrons. The van der Waals surface area contributed by atoms with Crippen molar-refractivity contribution in [3.63, 3.8) is 0 Å². The lowest BCUT2D eigenvalue weighted by molar-refractivity contribution is -0.116. The van der Waals surface area contributed by atoms with Gasteiger partial charge in [-0.05, 0) is 42.2 Å². The number of carbonyl (C=O) groups is 2. The van der Waals surface area contributed by atoms with Gasteiger partial charge in [-0.3, -0.25) is 9.48 Å². The van der Waals surface area contributed by atoms with Crippen molar-refractivity contribution in [2.75, 3.05) is 5.32 Å². The molecule has 0 aliphatic carbocycles. The normalized spacial score (nSPS) is 11.1. The van der Waals surface area contributed by atoms with Gasteiger partial charge in [-0.25, -0.2) is 4.79 Å². The zero-order valence-electron chi connectivity index (χ0n) is 23.1. The van der Waals surface area contributed by atoms with Crippen LogP contribution in [-0.2, 0) is 11.3 Å². The van der Waals surface area contributed by atoms with Crippen LogP contribution in [0, 0.1) is 0 Å². The van der Waals surface area contributed by atoms with Crippen molar-refractivity contribution in [2.45, 2.75) is 25.8 Å². The maximum Gasteiger partial charge on any atom is 0.339 e. The molecule has 0 aliphatic rings. The van der Waals surface area contributed by atoms with Gasteiger partial charge < -0.3 is 19.9 Å². The minimum Gasteiger partial charge on any atom is -0.507 e. The largest absolute Gasteiger partial charge is 0.507 e. The first-order valence-corrected chi connectivity index (χ1v) is 13.9. The number of aromatic nitrogens is 3. The van der Waals surface area contributed by atoms with Gasteiger partial charge in [0.25, 0.3) is 0 Å². The molecule has 9 nitrogen and oxygen atoms in total. The lowest BCUT2D eigenvalue weighted by atomic mass is 10.0. The first-order chi connectivity index (χ1) is 21.0. The number of hydrogen-bond acceptors (Lipinski definition) is 6. The average Bonchev–Trinajstić information content (AvgIpc) is 3.64. The molecule has 6 rings (SSSR count). The van der Waals surface area contributed by atoms with Crippen LogP contribution in [0.1, 0.15) is 29.6 Å². The highest BCUT2D eigenvalue weighted by molar-refractivity contribution is 6.05. The number of aryl methyl sites for hydroxylation is 1. The number of hydrogen-bond donors (Lipinski definition) is 3. The maximum atomic E-state index is 12.5. The number of aromatic carboxylic acids is 1. The Morgan fingerprint density at radius 2 is 1.51 bits per heavy atom. The van der Waals surface area contributed by atoms with Gasteiger partial charge in [-0.15, -0.1) is 5.10 Å². The second kappa shape index (κ2) is 12.0. The third kappa shape index (κ3) is 6.01. The second-order valence-electron chi connectivity index (χ2n) is 10.2.